The molecule has 11 heavy (non-hydrogen) atoms. The third-order valence-electron chi connectivity index (χ3n) is 2.60. The van der Waals surface area contributed by atoms with E-state index in [9.17, 15) is 0 Å². The second kappa shape index (κ2) is 4.73. The Kier molecular flexibility index (Phi) is 3.87. The number of nitrogens with two attached hydrogens (primary N) is 1. The summed E-state index contributed by atoms with van der Waals surface area (Å²) < 4.78 is 5.13. The van der Waals surface area contributed by atoms with Crippen molar-refractivity contribution < 1.29 is 4.74 Å². The second-order valence-corrected chi connectivity index (χ2v) is 3.52. The summed E-state index contributed by atoms with van der Waals surface area (Å²) in [5, 5.41) is 0. The Morgan fingerprint density at radius 3 is 2.73 bits per heavy atom. The van der Waals surface area contributed by atoms with Crippen LogP contribution in [-0.2, 0) is 4.74 Å². The van der Waals surface area contributed by atoms with Crippen LogP contribution in [0, 0.1) is 5.92 Å². The first-order valence-electron chi connectivity index (χ1n) is 4.59. The van der Waals surface area contributed by atoms with Crippen molar-refractivity contribution in [1.29, 1.82) is 0 Å². The molecule has 1 rings (SSSR count). The Hall–Kier alpha value is -0.0800. The zero-order valence-electron chi connectivity index (χ0n) is 7.38. The highest BCUT2D eigenvalue weighted by atomic mass is 16.5. The van der Waals surface area contributed by atoms with Gasteiger partial charge in [-0.25, -0.2) is 0 Å². The molecule has 0 radical (unpaired) electrons. The first kappa shape index (κ1) is 9.01. The fraction of sp³-hybridized carbons (Fsp3) is 1.00. The average molecular weight is 157 g/mol. The Labute approximate surface area is 69.1 Å². The van der Waals surface area contributed by atoms with Crippen molar-refractivity contribution in [2.24, 2.45) is 11.7 Å². The normalized spacial score (nSPS) is 33.3. The van der Waals surface area contributed by atoms with Gasteiger partial charge in [0.25, 0.3) is 0 Å². The summed E-state index contributed by atoms with van der Waals surface area (Å²) in [6, 6.07) is 0.387. The van der Waals surface area contributed by atoms with E-state index in [0.29, 0.717) is 12.0 Å². The van der Waals surface area contributed by atoms with Gasteiger partial charge in [-0.3, -0.25) is 0 Å². The van der Waals surface area contributed by atoms with Crippen LogP contribution in [0.25, 0.3) is 0 Å². The molecule has 0 aromatic rings. The molecule has 0 spiro atoms. The van der Waals surface area contributed by atoms with E-state index in [2.05, 4.69) is 0 Å². The van der Waals surface area contributed by atoms with E-state index >= 15 is 0 Å². The molecule has 2 N–H and O–H groups in total. The van der Waals surface area contributed by atoms with Gasteiger partial charge >= 0.3 is 0 Å². The molecule has 2 nitrogen and oxygen atoms in total. The lowest BCUT2D eigenvalue weighted by atomic mass is 9.97. The zero-order chi connectivity index (χ0) is 8.10. The molecular weight excluding hydrogens is 138 g/mol. The van der Waals surface area contributed by atoms with Crippen LogP contribution in [0.2, 0.25) is 0 Å². The molecule has 1 aliphatic carbocycles. The number of rotatable bonds is 2. The van der Waals surface area contributed by atoms with Gasteiger partial charge in [0.1, 0.15) is 0 Å². The van der Waals surface area contributed by atoms with Gasteiger partial charge in [0, 0.05) is 13.2 Å². The van der Waals surface area contributed by atoms with Crippen LogP contribution in [0.4, 0.5) is 0 Å². The molecule has 0 bridgehead atoms. The number of hydrogen-bond donors (Lipinski definition) is 1. The topological polar surface area (TPSA) is 35.2 Å². The van der Waals surface area contributed by atoms with Crippen molar-refractivity contribution in [1.82, 2.24) is 0 Å². The summed E-state index contributed by atoms with van der Waals surface area (Å²) in [5.74, 6) is 0.613. The summed E-state index contributed by atoms with van der Waals surface area (Å²) in [5.41, 5.74) is 5.99. The maximum atomic E-state index is 5.99. The molecule has 1 fully saturated rings. The van der Waals surface area contributed by atoms with Gasteiger partial charge in [-0.15, -0.1) is 0 Å². The van der Waals surface area contributed by atoms with Crippen molar-refractivity contribution in [3.63, 3.8) is 0 Å². The van der Waals surface area contributed by atoms with Crippen LogP contribution < -0.4 is 5.73 Å². The van der Waals surface area contributed by atoms with Crippen LogP contribution in [0.3, 0.4) is 0 Å². The van der Waals surface area contributed by atoms with Crippen LogP contribution in [0.1, 0.15) is 32.1 Å². The summed E-state index contributed by atoms with van der Waals surface area (Å²) in [7, 11) is 1.76. The predicted molar refractivity (Wildman–Crippen MR) is 46.4 cm³/mol. The largest absolute Gasteiger partial charge is 0.384 e. The lowest BCUT2D eigenvalue weighted by molar-refractivity contribution is 0.135. The Morgan fingerprint density at radius 1 is 1.27 bits per heavy atom. The van der Waals surface area contributed by atoms with Crippen LogP contribution >= 0.6 is 0 Å². The van der Waals surface area contributed by atoms with E-state index in [1.807, 2.05) is 0 Å². The summed E-state index contributed by atoms with van der Waals surface area (Å²) >= 11 is 0. The van der Waals surface area contributed by atoms with E-state index in [1.54, 1.807) is 7.11 Å². The fourth-order valence-corrected chi connectivity index (χ4v) is 1.83. The van der Waals surface area contributed by atoms with Gasteiger partial charge in [-0.1, -0.05) is 19.3 Å². The van der Waals surface area contributed by atoms with Crippen LogP contribution in [0.15, 0.2) is 0 Å². The molecule has 0 saturated heterocycles. The third-order valence-corrected chi connectivity index (χ3v) is 2.60. The molecule has 1 saturated carbocycles. The average Bonchev–Trinajstić information content (AvgIpc) is 2.18. The highest BCUT2D eigenvalue weighted by Crippen LogP contribution is 2.21. The van der Waals surface area contributed by atoms with Crippen molar-refractivity contribution >= 4 is 0 Å². The molecular formula is C9H19NO. The van der Waals surface area contributed by atoms with Gasteiger partial charge in [-0.2, -0.15) is 0 Å². The van der Waals surface area contributed by atoms with Crippen molar-refractivity contribution in [3.05, 3.63) is 0 Å². The zero-order valence-corrected chi connectivity index (χ0v) is 7.38. The molecule has 0 heterocycles. The van der Waals surface area contributed by atoms with E-state index in [4.69, 9.17) is 10.5 Å². The van der Waals surface area contributed by atoms with E-state index in [1.165, 1.54) is 32.1 Å². The third kappa shape index (κ3) is 2.80. The monoisotopic (exact) mass is 157 g/mol. The summed E-state index contributed by atoms with van der Waals surface area (Å²) in [6.45, 7) is 0.848. The lowest BCUT2D eigenvalue weighted by Crippen LogP contribution is -2.31. The molecule has 66 valence electrons. The molecule has 0 aromatic heterocycles. The number of methoxy groups -OCH3 is 1. The Bertz CT molecular complexity index is 106. The van der Waals surface area contributed by atoms with Crippen LogP contribution in [0.5, 0.6) is 0 Å². The lowest BCUT2D eigenvalue weighted by Gasteiger charge is -2.19. The fourth-order valence-electron chi connectivity index (χ4n) is 1.83. The molecule has 2 heteroatoms. The highest BCUT2D eigenvalue weighted by Gasteiger charge is 2.19. The van der Waals surface area contributed by atoms with Crippen molar-refractivity contribution in [2.45, 2.75) is 38.1 Å². The maximum Gasteiger partial charge on any atom is 0.0505 e. The minimum Gasteiger partial charge on any atom is -0.384 e. The standard InChI is InChI=1S/C9H19NO/c1-11-7-8-5-3-2-4-6-9(8)10/h8-9H,2-7,10H2,1H3. The van der Waals surface area contributed by atoms with Crippen molar-refractivity contribution in [3.8, 4) is 0 Å². The van der Waals surface area contributed by atoms with Gasteiger partial charge in [0.2, 0.25) is 0 Å². The maximum absolute atomic E-state index is 5.99. The minimum absolute atomic E-state index is 0.387. The molecule has 2 unspecified atom stereocenters. The van der Waals surface area contributed by atoms with Gasteiger partial charge < -0.3 is 10.5 Å². The highest BCUT2D eigenvalue weighted by molar-refractivity contribution is 4.75. The molecule has 2 atom stereocenters. The van der Waals surface area contributed by atoms with E-state index < -0.39 is 0 Å². The quantitative estimate of drug-likeness (QED) is 0.617. The SMILES string of the molecule is COCC1CCCCCC1N. The van der Waals surface area contributed by atoms with Gasteiger partial charge in [0.15, 0.2) is 0 Å². The predicted octanol–water partition coefficient (Wildman–Crippen LogP) is 1.54. The van der Waals surface area contributed by atoms with E-state index in [-0.39, 0.29) is 0 Å². The summed E-state index contributed by atoms with van der Waals surface area (Å²) in [4.78, 5) is 0. The smallest absolute Gasteiger partial charge is 0.0505 e. The first-order valence-corrected chi connectivity index (χ1v) is 4.59. The number of hydrogen-bond acceptors (Lipinski definition) is 2. The van der Waals surface area contributed by atoms with E-state index in [0.717, 1.165) is 6.61 Å². The Balaban J connectivity index is 2.32. The molecule has 1 aliphatic rings. The van der Waals surface area contributed by atoms with Crippen molar-refractivity contribution in [2.75, 3.05) is 13.7 Å². The van der Waals surface area contributed by atoms with Gasteiger partial charge in [0.05, 0.1) is 6.61 Å². The van der Waals surface area contributed by atoms with Gasteiger partial charge in [-0.05, 0) is 18.8 Å². The van der Waals surface area contributed by atoms with Crippen LogP contribution in [-0.4, -0.2) is 19.8 Å². The molecule has 0 amide bonds. The minimum atomic E-state index is 0.387. The first-order chi connectivity index (χ1) is 5.34. The molecule has 0 aliphatic heterocycles. The summed E-state index contributed by atoms with van der Waals surface area (Å²) in [6.07, 6.45) is 6.44. The Morgan fingerprint density at radius 2 is 2.00 bits per heavy atom. The second-order valence-electron chi connectivity index (χ2n) is 3.52. The molecule has 0 aromatic carbocycles. The number of ether oxygens (including phenoxy) is 1.